The van der Waals surface area contributed by atoms with Crippen LogP contribution in [-0.2, 0) is 14.3 Å². The molecule has 0 saturated heterocycles. The van der Waals surface area contributed by atoms with Gasteiger partial charge in [-0.25, -0.2) is 0 Å². The summed E-state index contributed by atoms with van der Waals surface area (Å²) in [6, 6.07) is 0. The van der Waals surface area contributed by atoms with Crippen LogP contribution in [0.1, 0.15) is 77.6 Å². The number of ether oxygens (including phenoxy) is 1. The van der Waals surface area contributed by atoms with Crippen LogP contribution < -0.4 is 5.32 Å². The third kappa shape index (κ3) is 13.4. The fraction of sp³-hybridized carbons (Fsp3) is 0.875. The Kier molecular flexibility index (Phi) is 13.6. The van der Waals surface area contributed by atoms with E-state index in [2.05, 4.69) is 17.0 Å². The van der Waals surface area contributed by atoms with Crippen LogP contribution in [-0.4, -0.2) is 25.5 Å². The van der Waals surface area contributed by atoms with Gasteiger partial charge in [0.15, 0.2) is 0 Å². The number of methoxy groups -OCH3 is 1. The number of carbonyl (C=O) groups is 2. The van der Waals surface area contributed by atoms with E-state index in [1.54, 1.807) is 0 Å². The SMILES string of the molecule is CCCCCCCCC(=O)NCCCCCC(=O)OC. The molecule has 0 heterocycles. The van der Waals surface area contributed by atoms with Crippen molar-refractivity contribution in [3.63, 3.8) is 0 Å². The van der Waals surface area contributed by atoms with Crippen molar-refractivity contribution < 1.29 is 14.3 Å². The molecule has 0 radical (unpaired) electrons. The van der Waals surface area contributed by atoms with Crippen molar-refractivity contribution >= 4 is 11.9 Å². The Balaban J connectivity index is 3.22. The molecule has 0 aliphatic carbocycles. The lowest BCUT2D eigenvalue weighted by Gasteiger charge is -2.05. The van der Waals surface area contributed by atoms with Gasteiger partial charge in [-0.2, -0.15) is 0 Å². The van der Waals surface area contributed by atoms with Crippen LogP contribution in [0.5, 0.6) is 0 Å². The van der Waals surface area contributed by atoms with Gasteiger partial charge < -0.3 is 10.1 Å². The van der Waals surface area contributed by atoms with Crippen LogP contribution in [0.25, 0.3) is 0 Å². The zero-order valence-electron chi connectivity index (χ0n) is 13.2. The number of nitrogens with one attached hydrogen (secondary N) is 1. The zero-order valence-corrected chi connectivity index (χ0v) is 13.2. The average Bonchev–Trinajstić information content (AvgIpc) is 2.46. The normalized spacial score (nSPS) is 10.3. The van der Waals surface area contributed by atoms with Crippen molar-refractivity contribution in [1.82, 2.24) is 5.32 Å². The minimum atomic E-state index is -0.155. The van der Waals surface area contributed by atoms with Crippen molar-refractivity contribution in [2.24, 2.45) is 0 Å². The summed E-state index contributed by atoms with van der Waals surface area (Å²) in [4.78, 5) is 22.4. The summed E-state index contributed by atoms with van der Waals surface area (Å²) in [6.45, 7) is 2.93. The first-order valence-electron chi connectivity index (χ1n) is 8.04. The van der Waals surface area contributed by atoms with Crippen LogP contribution in [0.15, 0.2) is 0 Å². The van der Waals surface area contributed by atoms with Crippen molar-refractivity contribution in [3.8, 4) is 0 Å². The molecule has 0 atom stereocenters. The maximum Gasteiger partial charge on any atom is 0.305 e. The van der Waals surface area contributed by atoms with E-state index >= 15 is 0 Å². The quantitative estimate of drug-likeness (QED) is 0.415. The molecule has 0 aromatic heterocycles. The highest BCUT2D eigenvalue weighted by Crippen LogP contribution is 2.06. The van der Waals surface area contributed by atoms with Gasteiger partial charge in [-0.05, 0) is 19.3 Å². The molecule has 0 fully saturated rings. The molecule has 0 aromatic carbocycles. The number of hydrogen-bond acceptors (Lipinski definition) is 3. The summed E-state index contributed by atoms with van der Waals surface area (Å²) in [6.07, 6.45) is 11.1. The number of esters is 1. The van der Waals surface area contributed by atoms with E-state index in [1.165, 1.54) is 32.8 Å². The average molecular weight is 285 g/mol. The molecule has 0 unspecified atom stereocenters. The molecule has 118 valence electrons. The molecule has 0 aliphatic heterocycles. The lowest BCUT2D eigenvalue weighted by molar-refractivity contribution is -0.140. The van der Waals surface area contributed by atoms with Crippen LogP contribution in [0.3, 0.4) is 0 Å². The van der Waals surface area contributed by atoms with E-state index in [9.17, 15) is 9.59 Å². The number of carbonyl (C=O) groups excluding carboxylic acids is 2. The Bertz CT molecular complexity index is 254. The topological polar surface area (TPSA) is 55.4 Å². The molecule has 0 aliphatic rings. The van der Waals surface area contributed by atoms with E-state index in [4.69, 9.17) is 0 Å². The second-order valence-electron chi connectivity index (χ2n) is 5.25. The van der Waals surface area contributed by atoms with Crippen LogP contribution in [0.4, 0.5) is 0 Å². The standard InChI is InChI=1S/C16H31NO3/c1-3-4-5-6-7-9-12-15(18)17-14-11-8-10-13-16(19)20-2/h3-14H2,1-2H3,(H,17,18). The van der Waals surface area contributed by atoms with Crippen LogP contribution >= 0.6 is 0 Å². The lowest BCUT2D eigenvalue weighted by Crippen LogP contribution is -2.24. The summed E-state index contributed by atoms with van der Waals surface area (Å²) in [5.41, 5.74) is 0. The minimum Gasteiger partial charge on any atom is -0.469 e. The highest BCUT2D eigenvalue weighted by atomic mass is 16.5. The van der Waals surface area contributed by atoms with Gasteiger partial charge >= 0.3 is 5.97 Å². The molecule has 0 bridgehead atoms. The van der Waals surface area contributed by atoms with Gasteiger partial charge in [0.05, 0.1) is 7.11 Å². The molecule has 20 heavy (non-hydrogen) atoms. The van der Waals surface area contributed by atoms with Crippen molar-refractivity contribution in [1.29, 1.82) is 0 Å². The molecular weight excluding hydrogens is 254 g/mol. The monoisotopic (exact) mass is 285 g/mol. The van der Waals surface area contributed by atoms with Gasteiger partial charge in [-0.15, -0.1) is 0 Å². The highest BCUT2D eigenvalue weighted by molar-refractivity contribution is 5.75. The highest BCUT2D eigenvalue weighted by Gasteiger charge is 2.01. The van der Waals surface area contributed by atoms with Crippen molar-refractivity contribution in [2.75, 3.05) is 13.7 Å². The van der Waals surface area contributed by atoms with Gasteiger partial charge in [-0.3, -0.25) is 9.59 Å². The van der Waals surface area contributed by atoms with E-state index in [0.717, 1.165) is 38.6 Å². The lowest BCUT2D eigenvalue weighted by atomic mass is 10.1. The Labute approximate surface area is 123 Å². The maximum absolute atomic E-state index is 11.5. The summed E-state index contributed by atoms with van der Waals surface area (Å²) in [5.74, 6) is 0.00516. The predicted molar refractivity (Wildman–Crippen MR) is 81.5 cm³/mol. The van der Waals surface area contributed by atoms with E-state index in [1.807, 2.05) is 0 Å². The summed E-state index contributed by atoms with van der Waals surface area (Å²) in [5, 5.41) is 2.93. The number of unbranched alkanes of at least 4 members (excludes halogenated alkanes) is 7. The summed E-state index contributed by atoms with van der Waals surface area (Å²) in [7, 11) is 1.41. The maximum atomic E-state index is 11.5. The molecule has 0 spiro atoms. The summed E-state index contributed by atoms with van der Waals surface area (Å²) < 4.78 is 4.57. The van der Waals surface area contributed by atoms with Gasteiger partial charge in [0, 0.05) is 19.4 Å². The van der Waals surface area contributed by atoms with Gasteiger partial charge in [0.1, 0.15) is 0 Å². The molecule has 1 amide bonds. The number of rotatable bonds is 13. The molecule has 4 heteroatoms. The smallest absolute Gasteiger partial charge is 0.305 e. The van der Waals surface area contributed by atoms with Gasteiger partial charge in [0.2, 0.25) is 5.91 Å². The molecule has 4 nitrogen and oxygen atoms in total. The Hall–Kier alpha value is -1.06. The Morgan fingerprint density at radius 1 is 0.850 bits per heavy atom. The van der Waals surface area contributed by atoms with Gasteiger partial charge in [0.25, 0.3) is 0 Å². The molecular formula is C16H31NO3. The molecule has 0 saturated carbocycles. The second kappa shape index (κ2) is 14.4. The third-order valence-corrected chi connectivity index (χ3v) is 3.36. The minimum absolute atomic E-state index is 0.155. The van der Waals surface area contributed by atoms with Gasteiger partial charge in [-0.1, -0.05) is 45.4 Å². The van der Waals surface area contributed by atoms with E-state index in [-0.39, 0.29) is 11.9 Å². The third-order valence-electron chi connectivity index (χ3n) is 3.36. The summed E-state index contributed by atoms with van der Waals surface area (Å²) >= 11 is 0. The van der Waals surface area contributed by atoms with E-state index < -0.39 is 0 Å². The van der Waals surface area contributed by atoms with Crippen LogP contribution in [0.2, 0.25) is 0 Å². The zero-order chi connectivity index (χ0) is 15.1. The first kappa shape index (κ1) is 18.9. The van der Waals surface area contributed by atoms with Crippen molar-refractivity contribution in [2.45, 2.75) is 77.6 Å². The van der Waals surface area contributed by atoms with E-state index in [0.29, 0.717) is 12.8 Å². The first-order chi connectivity index (χ1) is 9.70. The first-order valence-corrected chi connectivity index (χ1v) is 8.04. The fourth-order valence-electron chi connectivity index (χ4n) is 2.06. The molecule has 0 rings (SSSR count). The fourth-order valence-corrected chi connectivity index (χ4v) is 2.06. The number of hydrogen-bond donors (Lipinski definition) is 1. The predicted octanol–water partition coefficient (Wildman–Crippen LogP) is 3.59. The Morgan fingerprint density at radius 3 is 2.15 bits per heavy atom. The van der Waals surface area contributed by atoms with Crippen molar-refractivity contribution in [3.05, 3.63) is 0 Å². The Morgan fingerprint density at radius 2 is 1.45 bits per heavy atom. The second-order valence-corrected chi connectivity index (χ2v) is 5.25. The molecule has 1 N–H and O–H groups in total. The number of amides is 1. The molecule has 0 aromatic rings. The van der Waals surface area contributed by atoms with Crippen LogP contribution in [0, 0.1) is 0 Å². The largest absolute Gasteiger partial charge is 0.469 e.